The molecule has 0 spiro atoms. The van der Waals surface area contributed by atoms with Crippen LogP contribution in [0.3, 0.4) is 0 Å². The number of ether oxygens (including phenoxy) is 1. The van der Waals surface area contributed by atoms with Crippen LogP contribution in [-0.4, -0.2) is 18.6 Å². The normalized spacial score (nSPS) is 13.3. The van der Waals surface area contributed by atoms with Gasteiger partial charge in [-0.1, -0.05) is 6.07 Å². The molecule has 0 aliphatic heterocycles. The molecule has 0 radical (unpaired) electrons. The zero-order valence-electron chi connectivity index (χ0n) is 11.3. The van der Waals surface area contributed by atoms with Crippen molar-refractivity contribution in [3.8, 4) is 0 Å². The lowest BCUT2D eigenvalue weighted by atomic mass is 10.0. The average molecular weight is 251 g/mol. The number of rotatable bonds is 4. The number of carbonyl (C=O) groups excluding carboxylic acids is 1. The molecule has 5 N–H and O–H groups in total. The van der Waals surface area contributed by atoms with Crippen LogP contribution in [0, 0.1) is 0 Å². The molecule has 0 aliphatic carbocycles. The average Bonchev–Trinajstić information content (AvgIpc) is 2.24. The highest BCUT2D eigenvalue weighted by Crippen LogP contribution is 2.24. The zero-order valence-corrected chi connectivity index (χ0v) is 11.3. The van der Waals surface area contributed by atoms with Gasteiger partial charge in [-0.25, -0.2) is 0 Å². The second-order valence-corrected chi connectivity index (χ2v) is 5.22. The number of hydrogen-bond acceptors (Lipinski definition) is 4. The van der Waals surface area contributed by atoms with Gasteiger partial charge in [0.15, 0.2) is 0 Å². The maximum absolute atomic E-state index is 11.1. The predicted molar refractivity (Wildman–Crippen MR) is 72.0 cm³/mol. The first-order valence-corrected chi connectivity index (χ1v) is 5.74. The Bertz CT molecular complexity index is 438. The Morgan fingerprint density at radius 1 is 1.39 bits per heavy atom. The molecule has 1 atom stereocenters. The van der Waals surface area contributed by atoms with E-state index in [1.807, 2.05) is 20.8 Å². The molecular formula is C13H21N3O2. The summed E-state index contributed by atoms with van der Waals surface area (Å²) in [6.45, 7) is 6.10. The topological polar surface area (TPSA) is 90.4 Å². The monoisotopic (exact) mass is 251 g/mol. The molecule has 5 nitrogen and oxygen atoms in total. The Hall–Kier alpha value is -1.59. The summed E-state index contributed by atoms with van der Waals surface area (Å²) in [5, 5.41) is 3.29. The minimum absolute atomic E-state index is 0.116. The van der Waals surface area contributed by atoms with E-state index in [4.69, 9.17) is 16.2 Å². The molecule has 0 aliphatic rings. The Kier molecular flexibility index (Phi) is 4.32. The lowest BCUT2D eigenvalue weighted by Gasteiger charge is -2.28. The van der Waals surface area contributed by atoms with Gasteiger partial charge in [0.2, 0.25) is 5.91 Å². The maximum Gasteiger partial charge on any atom is 0.248 e. The van der Waals surface area contributed by atoms with Crippen LogP contribution in [0.25, 0.3) is 0 Å². The highest BCUT2D eigenvalue weighted by molar-refractivity contribution is 5.93. The first-order chi connectivity index (χ1) is 8.24. The summed E-state index contributed by atoms with van der Waals surface area (Å²) in [6, 6.07) is 4.96. The van der Waals surface area contributed by atoms with Crippen LogP contribution >= 0.6 is 0 Å². The molecule has 0 heterocycles. The first-order valence-electron chi connectivity index (χ1n) is 5.74. The summed E-state index contributed by atoms with van der Waals surface area (Å²) in [4.78, 5) is 11.1. The molecule has 0 bridgehead atoms. The van der Waals surface area contributed by atoms with Crippen LogP contribution in [0.1, 0.15) is 42.9 Å². The van der Waals surface area contributed by atoms with Crippen molar-refractivity contribution in [2.24, 2.45) is 5.73 Å². The second-order valence-electron chi connectivity index (χ2n) is 5.22. The SMILES string of the molecule is COC(NC(C)(C)C)c1ccc(C(N)=O)cc1N. The van der Waals surface area contributed by atoms with Crippen molar-refractivity contribution < 1.29 is 9.53 Å². The van der Waals surface area contributed by atoms with E-state index in [9.17, 15) is 4.79 Å². The molecule has 18 heavy (non-hydrogen) atoms. The van der Waals surface area contributed by atoms with Crippen LogP contribution < -0.4 is 16.8 Å². The smallest absolute Gasteiger partial charge is 0.248 e. The van der Waals surface area contributed by atoms with E-state index in [0.29, 0.717) is 11.3 Å². The molecule has 1 aromatic rings. The van der Waals surface area contributed by atoms with E-state index >= 15 is 0 Å². The fourth-order valence-corrected chi connectivity index (χ4v) is 1.62. The van der Waals surface area contributed by atoms with E-state index in [1.165, 1.54) is 0 Å². The van der Waals surface area contributed by atoms with Gasteiger partial charge in [0.05, 0.1) is 0 Å². The van der Waals surface area contributed by atoms with Crippen molar-refractivity contribution in [1.29, 1.82) is 0 Å². The van der Waals surface area contributed by atoms with Crippen LogP contribution in [0.2, 0.25) is 0 Å². The lowest BCUT2D eigenvalue weighted by molar-refractivity contribution is 0.0519. The van der Waals surface area contributed by atoms with Crippen LogP contribution in [-0.2, 0) is 4.74 Å². The van der Waals surface area contributed by atoms with Gasteiger partial charge < -0.3 is 16.2 Å². The third kappa shape index (κ3) is 3.72. The van der Waals surface area contributed by atoms with Gasteiger partial charge in [-0.05, 0) is 32.9 Å². The van der Waals surface area contributed by atoms with E-state index in [2.05, 4.69) is 5.32 Å². The molecule has 100 valence electrons. The Morgan fingerprint density at radius 3 is 2.39 bits per heavy atom. The van der Waals surface area contributed by atoms with Crippen LogP contribution in [0.4, 0.5) is 5.69 Å². The van der Waals surface area contributed by atoms with E-state index in [0.717, 1.165) is 5.56 Å². The van der Waals surface area contributed by atoms with Crippen molar-refractivity contribution in [2.75, 3.05) is 12.8 Å². The largest absolute Gasteiger partial charge is 0.398 e. The third-order valence-electron chi connectivity index (χ3n) is 2.45. The summed E-state index contributed by atoms with van der Waals surface area (Å²) >= 11 is 0. The van der Waals surface area contributed by atoms with Gasteiger partial charge in [-0.3, -0.25) is 10.1 Å². The Balaban J connectivity index is 3.04. The zero-order chi connectivity index (χ0) is 13.9. The summed E-state index contributed by atoms with van der Waals surface area (Å²) in [5.41, 5.74) is 12.7. The number of hydrogen-bond donors (Lipinski definition) is 3. The fraction of sp³-hybridized carbons (Fsp3) is 0.462. The number of methoxy groups -OCH3 is 1. The second kappa shape index (κ2) is 5.37. The molecule has 1 aromatic carbocycles. The molecule has 0 aromatic heterocycles. The molecule has 5 heteroatoms. The minimum Gasteiger partial charge on any atom is -0.398 e. The van der Waals surface area contributed by atoms with Crippen molar-refractivity contribution in [1.82, 2.24) is 5.32 Å². The number of nitrogens with one attached hydrogen (secondary N) is 1. The van der Waals surface area contributed by atoms with E-state index in [1.54, 1.807) is 25.3 Å². The molecule has 0 saturated carbocycles. The maximum atomic E-state index is 11.1. The Labute approximate surface area is 107 Å². The molecule has 1 unspecified atom stereocenters. The molecular weight excluding hydrogens is 230 g/mol. The number of nitrogen functional groups attached to an aromatic ring is 1. The van der Waals surface area contributed by atoms with Gasteiger partial charge in [0, 0.05) is 29.5 Å². The quantitative estimate of drug-likeness (QED) is 0.557. The van der Waals surface area contributed by atoms with Gasteiger partial charge in [0.1, 0.15) is 6.23 Å². The summed E-state index contributed by atoms with van der Waals surface area (Å²) < 4.78 is 5.39. The lowest BCUT2D eigenvalue weighted by Crippen LogP contribution is -2.39. The van der Waals surface area contributed by atoms with Crippen LogP contribution in [0.15, 0.2) is 18.2 Å². The Morgan fingerprint density at radius 2 is 2.00 bits per heavy atom. The summed E-state index contributed by atoms with van der Waals surface area (Å²) in [5.74, 6) is -0.494. The van der Waals surface area contributed by atoms with Crippen molar-refractivity contribution in [3.63, 3.8) is 0 Å². The first kappa shape index (κ1) is 14.5. The van der Waals surface area contributed by atoms with Crippen LogP contribution in [0.5, 0.6) is 0 Å². The molecule has 0 fully saturated rings. The van der Waals surface area contributed by atoms with Gasteiger partial charge in [-0.15, -0.1) is 0 Å². The fourth-order valence-electron chi connectivity index (χ4n) is 1.62. The van der Waals surface area contributed by atoms with Crippen molar-refractivity contribution in [2.45, 2.75) is 32.5 Å². The number of nitrogens with two attached hydrogens (primary N) is 2. The molecule has 0 saturated heterocycles. The van der Waals surface area contributed by atoms with Gasteiger partial charge >= 0.3 is 0 Å². The summed E-state index contributed by atoms with van der Waals surface area (Å²) in [7, 11) is 1.60. The number of primary amides is 1. The summed E-state index contributed by atoms with van der Waals surface area (Å²) in [6.07, 6.45) is -0.327. The van der Waals surface area contributed by atoms with Crippen molar-refractivity contribution in [3.05, 3.63) is 29.3 Å². The standard InChI is InChI=1S/C13H21N3O2/c1-13(2,3)16-12(18-4)9-6-5-8(11(15)17)7-10(9)14/h5-7,12,16H,14H2,1-4H3,(H2,15,17). The number of anilines is 1. The predicted octanol–water partition coefficient (Wildman–Crippen LogP) is 1.40. The number of carbonyl (C=O) groups is 1. The number of benzene rings is 1. The third-order valence-corrected chi connectivity index (χ3v) is 2.45. The van der Waals surface area contributed by atoms with E-state index < -0.39 is 5.91 Å². The number of amides is 1. The highest BCUT2D eigenvalue weighted by Gasteiger charge is 2.20. The molecule has 1 amide bonds. The minimum atomic E-state index is -0.494. The van der Waals surface area contributed by atoms with Gasteiger partial charge in [-0.2, -0.15) is 0 Å². The van der Waals surface area contributed by atoms with E-state index in [-0.39, 0.29) is 11.8 Å². The van der Waals surface area contributed by atoms with Gasteiger partial charge in [0.25, 0.3) is 0 Å². The molecule has 1 rings (SSSR count). The highest BCUT2D eigenvalue weighted by atomic mass is 16.5. The van der Waals surface area contributed by atoms with Crippen molar-refractivity contribution >= 4 is 11.6 Å².